The van der Waals surface area contributed by atoms with Crippen molar-refractivity contribution >= 4 is 29.9 Å². The molecule has 0 unspecified atom stereocenters. The van der Waals surface area contributed by atoms with E-state index in [1.165, 1.54) is 94.6 Å². The van der Waals surface area contributed by atoms with E-state index >= 15 is 0 Å². The molecule has 0 atom stereocenters. The van der Waals surface area contributed by atoms with Gasteiger partial charge in [-0.25, -0.2) is 0 Å². The van der Waals surface area contributed by atoms with Crippen molar-refractivity contribution < 1.29 is 4.42 Å². The molecule has 1 heteroatoms. The summed E-state index contributed by atoms with van der Waals surface area (Å²) in [6.07, 6.45) is 21.0. The van der Waals surface area contributed by atoms with Crippen LogP contribution in [0.1, 0.15) is 123 Å². The van der Waals surface area contributed by atoms with Crippen LogP contribution in [0.25, 0.3) is 41.0 Å². The van der Waals surface area contributed by atoms with Crippen LogP contribution in [-0.4, -0.2) is 0 Å². The molecule has 0 spiro atoms. The van der Waals surface area contributed by atoms with Gasteiger partial charge in [0, 0.05) is 17.5 Å². The minimum Gasteiger partial charge on any atom is -0.465 e. The zero-order valence-electron chi connectivity index (χ0n) is 43.5. The molecule has 0 fully saturated rings. The standard InChI is InChI=1S/C31H26.C15H18.C13H14O.C8H10.C2H6/c1-5-25-22(4)20-29-30(26(25)6-2)27-18-17-21(3)19-28(27)31(29,23-13-9-7-10-14-23)24-15-11-8-12-16-24;1-5-13(6-2)14(7-3)15-11-9-8-10-12(15)4;1-3-4-7-11-10(2)14-13-9-6-5-8-12(11)13;1-7-3-5-8(2)6-4-7;1-2/h5-20H,1-2H2,3-4H3;5,7-11H,1,3,6H2,2,4H3;3-5,7-8H,1,6,9H2,2H3;3-6H,1-2H3;1-2H3/b;14-13-;7-4-;;. The Morgan fingerprint density at radius 1 is 0.600 bits per heavy atom. The quantitative estimate of drug-likeness (QED) is 0.125. The molecule has 1 nitrogen and oxygen atoms in total. The number of rotatable bonds is 10. The third-order valence-corrected chi connectivity index (χ3v) is 13.0. The molecule has 9 rings (SSSR count). The van der Waals surface area contributed by atoms with Gasteiger partial charge < -0.3 is 4.42 Å². The average molecular weight is 919 g/mol. The van der Waals surface area contributed by atoms with Gasteiger partial charge in [-0.15, -0.1) is 0 Å². The first-order valence-corrected chi connectivity index (χ1v) is 24.8. The molecule has 0 amide bonds. The molecule has 7 aromatic rings. The van der Waals surface area contributed by atoms with Crippen molar-refractivity contribution in [2.75, 3.05) is 0 Å². The van der Waals surface area contributed by atoms with Gasteiger partial charge in [-0.05, 0) is 127 Å². The zero-order valence-corrected chi connectivity index (χ0v) is 43.5. The van der Waals surface area contributed by atoms with Gasteiger partial charge in [0.2, 0.25) is 0 Å². The molecule has 0 saturated carbocycles. The molecule has 6 aromatic carbocycles. The summed E-state index contributed by atoms with van der Waals surface area (Å²) in [6, 6.07) is 47.9. The van der Waals surface area contributed by atoms with Gasteiger partial charge in [-0.3, -0.25) is 0 Å². The molecule has 356 valence electrons. The Morgan fingerprint density at radius 2 is 1.17 bits per heavy atom. The van der Waals surface area contributed by atoms with E-state index in [4.69, 9.17) is 4.42 Å². The van der Waals surface area contributed by atoms with Crippen molar-refractivity contribution in [3.8, 4) is 11.1 Å². The number of fused-ring (bicyclic) bond motifs is 4. The van der Waals surface area contributed by atoms with E-state index in [2.05, 4.69) is 226 Å². The van der Waals surface area contributed by atoms with Gasteiger partial charge in [0.05, 0.1) is 5.41 Å². The fraction of sp³-hybridized carbons (Fsp3) is 0.188. The van der Waals surface area contributed by atoms with Gasteiger partial charge in [0.1, 0.15) is 11.5 Å². The van der Waals surface area contributed by atoms with Gasteiger partial charge in [0.15, 0.2) is 0 Å². The summed E-state index contributed by atoms with van der Waals surface area (Å²) in [5.74, 6) is 2.12. The van der Waals surface area contributed by atoms with Gasteiger partial charge >= 0.3 is 0 Å². The average Bonchev–Trinajstić information content (AvgIpc) is 3.87. The van der Waals surface area contributed by atoms with Crippen LogP contribution in [0.2, 0.25) is 0 Å². The lowest BCUT2D eigenvalue weighted by Gasteiger charge is -2.34. The predicted octanol–water partition coefficient (Wildman–Crippen LogP) is 19.6. The van der Waals surface area contributed by atoms with Crippen molar-refractivity contribution in [1.82, 2.24) is 0 Å². The van der Waals surface area contributed by atoms with Crippen LogP contribution in [0, 0.1) is 41.5 Å². The number of furan rings is 1. The third-order valence-electron chi connectivity index (χ3n) is 13.0. The molecule has 0 aliphatic heterocycles. The smallest absolute Gasteiger partial charge is 0.112 e. The fourth-order valence-electron chi connectivity index (χ4n) is 9.58. The Bertz CT molecular complexity index is 2930. The molecule has 2 aliphatic carbocycles. The Balaban J connectivity index is 0.000000195. The molecule has 0 radical (unpaired) electrons. The summed E-state index contributed by atoms with van der Waals surface area (Å²) in [6.45, 7) is 38.5. The van der Waals surface area contributed by atoms with Crippen molar-refractivity contribution in [1.29, 1.82) is 0 Å². The minimum absolute atomic E-state index is 0.374. The van der Waals surface area contributed by atoms with E-state index in [0.717, 1.165) is 36.3 Å². The molecule has 1 heterocycles. The summed E-state index contributed by atoms with van der Waals surface area (Å²) in [7, 11) is 0. The number of allylic oxidation sites excluding steroid dienone is 7. The van der Waals surface area contributed by atoms with E-state index < -0.39 is 0 Å². The summed E-state index contributed by atoms with van der Waals surface area (Å²) < 4.78 is 5.70. The third kappa shape index (κ3) is 11.7. The largest absolute Gasteiger partial charge is 0.465 e. The zero-order chi connectivity index (χ0) is 50.8. The highest BCUT2D eigenvalue weighted by Crippen LogP contribution is 2.58. The van der Waals surface area contributed by atoms with Crippen molar-refractivity contribution in [3.05, 3.63) is 292 Å². The van der Waals surface area contributed by atoms with Gasteiger partial charge in [-0.2, -0.15) is 0 Å². The van der Waals surface area contributed by atoms with Crippen molar-refractivity contribution in [2.45, 2.75) is 87.0 Å². The highest BCUT2D eigenvalue weighted by atomic mass is 16.3. The van der Waals surface area contributed by atoms with Crippen LogP contribution in [0.5, 0.6) is 0 Å². The summed E-state index contributed by atoms with van der Waals surface area (Å²) in [5.41, 5.74) is 22.3. The highest BCUT2D eigenvalue weighted by molar-refractivity contribution is 5.94. The number of hydrogen-bond donors (Lipinski definition) is 0. The van der Waals surface area contributed by atoms with Crippen LogP contribution < -0.4 is 0 Å². The predicted molar refractivity (Wildman–Crippen MR) is 309 cm³/mol. The maximum atomic E-state index is 5.70. The lowest BCUT2D eigenvalue weighted by Crippen LogP contribution is -2.28. The molecule has 70 heavy (non-hydrogen) atoms. The SMILES string of the molecule is C=C/C(CC)=C(\C=C)c1ccccc1C.C=C/C=C\c1c(C)oc2c1C=CCC2.C=Cc1c(C)cc2c(c1C=C)-c1ccc(C)cc1C2(c1ccccc1)c1ccccc1.CC.Cc1ccc(C)cc1. The monoisotopic (exact) mass is 919 g/mol. The number of aryl methyl sites for hydroxylation is 7. The minimum atomic E-state index is -0.374. The van der Waals surface area contributed by atoms with E-state index in [-0.39, 0.29) is 5.41 Å². The topological polar surface area (TPSA) is 13.1 Å². The summed E-state index contributed by atoms with van der Waals surface area (Å²) in [4.78, 5) is 0. The van der Waals surface area contributed by atoms with Gasteiger partial charge in [-0.1, -0.05) is 259 Å². The second kappa shape index (κ2) is 25.8. The van der Waals surface area contributed by atoms with E-state index in [1.54, 1.807) is 6.08 Å². The molecule has 1 aromatic heterocycles. The molecule has 0 N–H and O–H groups in total. The first-order chi connectivity index (χ1) is 34.0. The van der Waals surface area contributed by atoms with Gasteiger partial charge in [0.25, 0.3) is 0 Å². The lowest BCUT2D eigenvalue weighted by atomic mass is 9.67. The fourth-order valence-corrected chi connectivity index (χ4v) is 9.58. The Hall–Kier alpha value is -7.48. The van der Waals surface area contributed by atoms with Crippen molar-refractivity contribution in [3.63, 3.8) is 0 Å². The highest BCUT2D eigenvalue weighted by Gasteiger charge is 2.47. The van der Waals surface area contributed by atoms with E-state index in [1.807, 2.05) is 51.2 Å². The van der Waals surface area contributed by atoms with E-state index in [0.29, 0.717) is 0 Å². The second-order valence-electron chi connectivity index (χ2n) is 17.5. The lowest BCUT2D eigenvalue weighted by molar-refractivity contribution is 0.481. The molecular formula is C69H74O. The normalized spacial score (nSPS) is 12.5. The first kappa shape index (κ1) is 53.5. The number of hydrogen-bond acceptors (Lipinski definition) is 1. The molecule has 0 saturated heterocycles. The second-order valence-corrected chi connectivity index (χ2v) is 17.5. The first-order valence-electron chi connectivity index (χ1n) is 24.8. The molecule has 0 bridgehead atoms. The summed E-state index contributed by atoms with van der Waals surface area (Å²) in [5, 5.41) is 0. The van der Waals surface area contributed by atoms with Crippen LogP contribution >= 0.6 is 0 Å². The Labute approximate surface area is 422 Å². The van der Waals surface area contributed by atoms with Crippen LogP contribution in [-0.2, 0) is 11.8 Å². The maximum absolute atomic E-state index is 5.70. The van der Waals surface area contributed by atoms with E-state index in [9.17, 15) is 0 Å². The van der Waals surface area contributed by atoms with Crippen LogP contribution in [0.15, 0.2) is 207 Å². The van der Waals surface area contributed by atoms with Crippen molar-refractivity contribution in [2.24, 2.45) is 0 Å². The Kier molecular flexibility index (Phi) is 19.7. The maximum Gasteiger partial charge on any atom is 0.112 e. The summed E-state index contributed by atoms with van der Waals surface area (Å²) >= 11 is 0. The molecule has 2 aliphatic rings. The Morgan fingerprint density at radius 3 is 1.70 bits per heavy atom. The van der Waals surface area contributed by atoms with Crippen LogP contribution in [0.4, 0.5) is 0 Å². The number of benzene rings is 6. The molecular weight excluding hydrogens is 845 g/mol. The van der Waals surface area contributed by atoms with Crippen LogP contribution in [0.3, 0.4) is 0 Å².